The van der Waals surface area contributed by atoms with Gasteiger partial charge >= 0.3 is 5.97 Å². The molecule has 1 aromatic carbocycles. The predicted octanol–water partition coefficient (Wildman–Crippen LogP) is 3.90. The van der Waals surface area contributed by atoms with Crippen LogP contribution in [0.4, 0.5) is 0 Å². The Hall–Kier alpha value is -3.06. The van der Waals surface area contributed by atoms with Crippen molar-refractivity contribution in [1.82, 2.24) is 14.3 Å². The van der Waals surface area contributed by atoms with E-state index in [0.29, 0.717) is 22.0 Å². The molecule has 7 nitrogen and oxygen atoms in total. The van der Waals surface area contributed by atoms with Crippen LogP contribution in [0, 0.1) is 0 Å². The maximum absolute atomic E-state index is 13.0. The van der Waals surface area contributed by atoms with Gasteiger partial charge in [-0.25, -0.2) is 4.79 Å². The van der Waals surface area contributed by atoms with Gasteiger partial charge in [0, 0.05) is 36.3 Å². The molecule has 0 amide bonds. The molecule has 3 aromatic rings. The number of hydrogen-bond acceptors (Lipinski definition) is 4. The van der Waals surface area contributed by atoms with Crippen LogP contribution in [-0.4, -0.2) is 32.5 Å². The topological polar surface area (TPSA) is 86.3 Å². The van der Waals surface area contributed by atoms with Crippen molar-refractivity contribution in [3.05, 3.63) is 69.4 Å². The molecule has 0 spiro atoms. The average Bonchev–Trinajstić information content (AvgIpc) is 3.10. The Morgan fingerprint density at radius 2 is 1.97 bits per heavy atom. The molecule has 2 heterocycles. The van der Waals surface area contributed by atoms with E-state index in [1.807, 2.05) is 19.9 Å². The molecule has 0 aliphatic heterocycles. The van der Waals surface area contributed by atoms with Crippen LogP contribution >= 0.6 is 11.6 Å². The minimum atomic E-state index is -1.12. The Morgan fingerprint density at radius 1 is 1.23 bits per heavy atom. The first-order chi connectivity index (χ1) is 14.2. The fourth-order valence-corrected chi connectivity index (χ4v) is 3.66. The lowest BCUT2D eigenvalue weighted by molar-refractivity contribution is -0.141. The number of aryl methyl sites for hydroxylation is 1. The Morgan fingerprint density at radius 3 is 2.53 bits per heavy atom. The molecule has 1 N–H and O–H groups in total. The highest BCUT2D eigenvalue weighted by Gasteiger charge is 2.25. The maximum atomic E-state index is 13.0. The number of aliphatic carboxylic acids is 1. The molecule has 3 rings (SSSR count). The zero-order valence-electron chi connectivity index (χ0n) is 17.3. The molecule has 0 saturated carbocycles. The SMILES string of the molecule is COc1cn(C(Cc2ccn(C)n2)C(=O)O)c(=O)cc1-c1cc(Cl)ccc1C(C)C. The maximum Gasteiger partial charge on any atom is 0.327 e. The summed E-state index contributed by atoms with van der Waals surface area (Å²) in [5.74, 6) is -0.533. The van der Waals surface area contributed by atoms with Crippen molar-refractivity contribution >= 4 is 17.6 Å². The second kappa shape index (κ2) is 8.75. The number of aromatic nitrogens is 3. The molecule has 1 unspecified atom stereocenters. The van der Waals surface area contributed by atoms with Crippen molar-refractivity contribution in [2.24, 2.45) is 7.05 Å². The molecule has 158 valence electrons. The van der Waals surface area contributed by atoms with Crippen LogP contribution in [0.25, 0.3) is 11.1 Å². The molecule has 0 fully saturated rings. The third kappa shape index (κ3) is 4.41. The number of nitrogens with zero attached hydrogens (tertiary/aromatic N) is 3. The summed E-state index contributed by atoms with van der Waals surface area (Å²) in [5, 5.41) is 14.5. The molecule has 1 atom stereocenters. The van der Waals surface area contributed by atoms with E-state index in [1.54, 1.807) is 36.1 Å². The standard InChI is InChI=1S/C22H24ClN3O4/c1-13(2)16-6-5-14(23)9-17(16)18-11-21(27)26(12-20(18)30-4)19(22(28)29)10-15-7-8-25(3)24-15/h5-9,11-13,19H,10H2,1-4H3,(H,28,29). The fourth-order valence-electron chi connectivity index (χ4n) is 3.49. The Kier molecular flexibility index (Phi) is 6.31. The predicted molar refractivity (Wildman–Crippen MR) is 115 cm³/mol. The van der Waals surface area contributed by atoms with Gasteiger partial charge in [0.15, 0.2) is 0 Å². The fraction of sp³-hybridized carbons (Fsp3) is 0.318. The molecular formula is C22H24ClN3O4. The van der Waals surface area contributed by atoms with E-state index >= 15 is 0 Å². The Labute approximate surface area is 179 Å². The molecule has 30 heavy (non-hydrogen) atoms. The van der Waals surface area contributed by atoms with Gasteiger partial charge in [0.25, 0.3) is 5.56 Å². The highest BCUT2D eigenvalue weighted by Crippen LogP contribution is 2.36. The summed E-state index contributed by atoms with van der Waals surface area (Å²) in [4.78, 5) is 24.9. The average molecular weight is 430 g/mol. The summed E-state index contributed by atoms with van der Waals surface area (Å²) in [6, 6.07) is 7.55. The van der Waals surface area contributed by atoms with Crippen LogP contribution in [0.2, 0.25) is 5.02 Å². The minimum Gasteiger partial charge on any atom is -0.495 e. The quantitative estimate of drug-likeness (QED) is 0.615. The van der Waals surface area contributed by atoms with Gasteiger partial charge < -0.3 is 9.84 Å². The number of halogens is 1. The van der Waals surface area contributed by atoms with E-state index < -0.39 is 17.6 Å². The summed E-state index contributed by atoms with van der Waals surface area (Å²) in [6.45, 7) is 4.10. The number of hydrogen-bond donors (Lipinski definition) is 1. The van der Waals surface area contributed by atoms with Crippen LogP contribution in [0.15, 0.2) is 47.5 Å². The molecular weight excluding hydrogens is 406 g/mol. The van der Waals surface area contributed by atoms with Crippen molar-refractivity contribution < 1.29 is 14.6 Å². The summed E-state index contributed by atoms with van der Waals surface area (Å²) < 4.78 is 8.31. The van der Waals surface area contributed by atoms with Crippen LogP contribution in [0.1, 0.15) is 37.1 Å². The van der Waals surface area contributed by atoms with Gasteiger partial charge in [0.1, 0.15) is 11.8 Å². The minimum absolute atomic E-state index is 0.0764. The highest BCUT2D eigenvalue weighted by atomic mass is 35.5. The number of carboxylic acid groups (broad SMARTS) is 1. The van der Waals surface area contributed by atoms with Crippen LogP contribution in [0.5, 0.6) is 5.75 Å². The smallest absolute Gasteiger partial charge is 0.327 e. The third-order valence-electron chi connectivity index (χ3n) is 4.98. The summed E-state index contributed by atoms with van der Waals surface area (Å²) >= 11 is 6.21. The molecule has 0 aliphatic carbocycles. The van der Waals surface area contributed by atoms with Crippen LogP contribution in [0.3, 0.4) is 0 Å². The van der Waals surface area contributed by atoms with Gasteiger partial charge in [-0.1, -0.05) is 31.5 Å². The van der Waals surface area contributed by atoms with Gasteiger partial charge in [0.2, 0.25) is 0 Å². The third-order valence-corrected chi connectivity index (χ3v) is 5.22. The van der Waals surface area contributed by atoms with E-state index in [-0.39, 0.29) is 12.3 Å². The summed E-state index contributed by atoms with van der Waals surface area (Å²) in [7, 11) is 3.24. The first kappa shape index (κ1) is 21.6. The van der Waals surface area contributed by atoms with E-state index in [4.69, 9.17) is 16.3 Å². The lowest BCUT2D eigenvalue weighted by atomic mass is 9.92. The van der Waals surface area contributed by atoms with Crippen molar-refractivity contribution in [2.75, 3.05) is 7.11 Å². The summed E-state index contributed by atoms with van der Waals surface area (Å²) in [5.41, 5.74) is 2.51. The number of pyridine rings is 1. The highest BCUT2D eigenvalue weighted by molar-refractivity contribution is 6.30. The lowest BCUT2D eigenvalue weighted by Gasteiger charge is -2.20. The van der Waals surface area contributed by atoms with Gasteiger partial charge in [-0.05, 0) is 35.2 Å². The van der Waals surface area contributed by atoms with Gasteiger partial charge in [0.05, 0.1) is 19.0 Å². The molecule has 0 bridgehead atoms. The first-order valence-electron chi connectivity index (χ1n) is 9.52. The van der Waals surface area contributed by atoms with Gasteiger partial charge in [-0.15, -0.1) is 0 Å². The number of benzene rings is 1. The monoisotopic (exact) mass is 429 g/mol. The van der Waals surface area contributed by atoms with Gasteiger partial charge in [-0.2, -0.15) is 5.10 Å². The zero-order valence-corrected chi connectivity index (χ0v) is 18.1. The van der Waals surface area contributed by atoms with Crippen LogP contribution < -0.4 is 10.3 Å². The molecule has 2 aromatic heterocycles. The normalized spacial score (nSPS) is 12.2. The lowest BCUT2D eigenvalue weighted by Crippen LogP contribution is -2.31. The number of ether oxygens (including phenoxy) is 1. The van der Waals surface area contributed by atoms with Crippen molar-refractivity contribution in [3.8, 4) is 16.9 Å². The first-order valence-corrected chi connectivity index (χ1v) is 9.90. The molecule has 0 aliphatic rings. The van der Waals surface area contributed by atoms with Crippen LogP contribution in [-0.2, 0) is 18.3 Å². The molecule has 0 radical (unpaired) electrons. The molecule has 0 saturated heterocycles. The molecule has 8 heteroatoms. The van der Waals surface area contributed by atoms with E-state index in [1.165, 1.54) is 23.9 Å². The number of carboxylic acids is 1. The van der Waals surface area contributed by atoms with Crippen molar-refractivity contribution in [1.29, 1.82) is 0 Å². The number of rotatable bonds is 7. The number of methoxy groups -OCH3 is 1. The number of carbonyl (C=O) groups is 1. The van der Waals surface area contributed by atoms with E-state index in [2.05, 4.69) is 5.10 Å². The Bertz CT molecular complexity index is 1130. The zero-order chi connectivity index (χ0) is 22.0. The second-order valence-electron chi connectivity index (χ2n) is 7.43. The van der Waals surface area contributed by atoms with E-state index in [9.17, 15) is 14.7 Å². The second-order valence-corrected chi connectivity index (χ2v) is 7.86. The largest absolute Gasteiger partial charge is 0.495 e. The van der Waals surface area contributed by atoms with E-state index in [0.717, 1.165) is 11.1 Å². The van der Waals surface area contributed by atoms with Crippen molar-refractivity contribution in [3.63, 3.8) is 0 Å². The summed E-state index contributed by atoms with van der Waals surface area (Å²) in [6.07, 6.45) is 3.25. The Balaban J connectivity index is 2.13. The van der Waals surface area contributed by atoms with Gasteiger partial charge in [-0.3, -0.25) is 14.0 Å². The van der Waals surface area contributed by atoms with Crippen molar-refractivity contribution in [2.45, 2.75) is 32.2 Å².